The molecule has 0 aliphatic heterocycles. The molecule has 0 unspecified atom stereocenters. The van der Waals surface area contributed by atoms with Crippen molar-refractivity contribution in [2.24, 2.45) is 7.05 Å². The van der Waals surface area contributed by atoms with Crippen molar-refractivity contribution in [3.63, 3.8) is 0 Å². The van der Waals surface area contributed by atoms with Gasteiger partial charge in [0.05, 0.1) is 12.0 Å². The minimum Gasteiger partial charge on any atom is -0.481 e. The summed E-state index contributed by atoms with van der Waals surface area (Å²) in [5.41, 5.74) is 1.41. The molecule has 2 heterocycles. The lowest BCUT2D eigenvalue weighted by molar-refractivity contribution is -0.384. The maximum Gasteiger partial charge on any atom is 0.333 e. The van der Waals surface area contributed by atoms with Gasteiger partial charge in [-0.2, -0.15) is 5.10 Å². The van der Waals surface area contributed by atoms with Crippen molar-refractivity contribution < 1.29 is 9.66 Å². The maximum absolute atomic E-state index is 11.2. The first kappa shape index (κ1) is 14.8. The second kappa shape index (κ2) is 6.21. The number of pyridine rings is 1. The predicted molar refractivity (Wildman–Crippen MR) is 77.4 cm³/mol. The van der Waals surface area contributed by atoms with Crippen LogP contribution in [0.2, 0.25) is 0 Å². The topological polar surface area (TPSA) is 95.1 Å². The van der Waals surface area contributed by atoms with Crippen molar-refractivity contribution in [3.05, 3.63) is 39.7 Å². The molecule has 8 nitrogen and oxygen atoms in total. The monoisotopic (exact) mass is 291 g/mol. The molecule has 0 amide bonds. The molecule has 0 atom stereocenters. The Balaban J connectivity index is 2.23. The molecule has 1 N–H and O–H groups in total. The minimum atomic E-state index is -0.401. The van der Waals surface area contributed by atoms with Crippen LogP contribution < -0.4 is 10.1 Å². The summed E-state index contributed by atoms with van der Waals surface area (Å²) in [7, 11) is 3.22. The molecular weight excluding hydrogens is 274 g/mol. The molecular formula is C13H17N5O3. The fraction of sp³-hybridized carbons (Fsp3) is 0.385. The van der Waals surface area contributed by atoms with E-state index in [1.165, 1.54) is 4.68 Å². The highest BCUT2D eigenvalue weighted by molar-refractivity contribution is 5.60. The molecule has 0 aliphatic carbocycles. The number of anilines is 1. The van der Waals surface area contributed by atoms with Crippen LogP contribution in [0.5, 0.6) is 5.88 Å². The number of ether oxygens (including phenoxy) is 1. The summed E-state index contributed by atoms with van der Waals surface area (Å²) in [5, 5.41) is 18.4. The summed E-state index contributed by atoms with van der Waals surface area (Å²) in [6.45, 7) is 2.26. The van der Waals surface area contributed by atoms with Crippen LogP contribution in [0.1, 0.15) is 18.2 Å². The third kappa shape index (κ3) is 3.10. The van der Waals surface area contributed by atoms with Crippen molar-refractivity contribution >= 4 is 11.5 Å². The van der Waals surface area contributed by atoms with Crippen LogP contribution in [0.15, 0.2) is 18.3 Å². The summed E-state index contributed by atoms with van der Waals surface area (Å²) in [5.74, 6) is 0.899. The molecule has 0 aliphatic rings. The van der Waals surface area contributed by atoms with E-state index in [1.54, 1.807) is 26.4 Å². The number of nitrogens with zero attached hydrogens (tertiary/aromatic N) is 4. The van der Waals surface area contributed by atoms with Gasteiger partial charge < -0.3 is 10.1 Å². The van der Waals surface area contributed by atoms with Crippen molar-refractivity contribution in [1.82, 2.24) is 14.8 Å². The van der Waals surface area contributed by atoms with Gasteiger partial charge in [-0.25, -0.2) is 9.67 Å². The molecule has 0 bridgehead atoms. The van der Waals surface area contributed by atoms with E-state index < -0.39 is 4.92 Å². The van der Waals surface area contributed by atoms with E-state index in [0.29, 0.717) is 30.4 Å². The highest BCUT2D eigenvalue weighted by Gasteiger charge is 2.25. The zero-order chi connectivity index (χ0) is 15.4. The van der Waals surface area contributed by atoms with E-state index >= 15 is 0 Å². The Morgan fingerprint density at radius 2 is 2.29 bits per heavy atom. The lowest BCUT2D eigenvalue weighted by Gasteiger charge is -2.07. The summed E-state index contributed by atoms with van der Waals surface area (Å²) in [6.07, 6.45) is 2.14. The molecule has 112 valence electrons. The average molecular weight is 291 g/mol. The second-order valence-electron chi connectivity index (χ2n) is 4.44. The molecule has 0 saturated heterocycles. The summed E-state index contributed by atoms with van der Waals surface area (Å²) < 4.78 is 6.54. The molecule has 2 rings (SSSR count). The largest absolute Gasteiger partial charge is 0.481 e. The Bertz CT molecular complexity index is 653. The number of nitro groups is 1. The minimum absolute atomic E-state index is 0.0287. The molecule has 21 heavy (non-hydrogen) atoms. The van der Waals surface area contributed by atoms with Gasteiger partial charge in [-0.05, 0) is 18.1 Å². The number of methoxy groups -OCH3 is 1. The highest BCUT2D eigenvalue weighted by Crippen LogP contribution is 2.28. The lowest BCUT2D eigenvalue weighted by atomic mass is 10.2. The third-order valence-corrected chi connectivity index (χ3v) is 3.08. The standard InChI is InChI=1S/C13H17N5O3/c1-4-10-12(18(19)20)13(17(2)16-10)15-8-9-5-6-14-11(7-9)21-3/h5-7,15H,4,8H2,1-3H3. The van der Waals surface area contributed by atoms with Gasteiger partial charge in [0.2, 0.25) is 11.7 Å². The smallest absolute Gasteiger partial charge is 0.333 e. The van der Waals surface area contributed by atoms with E-state index in [4.69, 9.17) is 4.74 Å². The summed E-state index contributed by atoms with van der Waals surface area (Å²) in [4.78, 5) is 14.8. The van der Waals surface area contributed by atoms with E-state index in [2.05, 4.69) is 15.4 Å². The third-order valence-electron chi connectivity index (χ3n) is 3.08. The number of hydrogen-bond acceptors (Lipinski definition) is 6. The Morgan fingerprint density at radius 3 is 2.90 bits per heavy atom. The highest BCUT2D eigenvalue weighted by atomic mass is 16.6. The number of hydrogen-bond donors (Lipinski definition) is 1. The second-order valence-corrected chi connectivity index (χ2v) is 4.44. The van der Waals surface area contributed by atoms with Gasteiger partial charge in [0.1, 0.15) is 5.69 Å². The molecule has 0 fully saturated rings. The summed E-state index contributed by atoms with van der Waals surface area (Å²) in [6, 6.07) is 3.59. The number of aromatic nitrogens is 3. The van der Waals surface area contributed by atoms with Crippen LogP contribution >= 0.6 is 0 Å². The van der Waals surface area contributed by atoms with Gasteiger partial charge in [0.25, 0.3) is 0 Å². The van der Waals surface area contributed by atoms with Crippen molar-refractivity contribution in [2.75, 3.05) is 12.4 Å². The van der Waals surface area contributed by atoms with Crippen molar-refractivity contribution in [3.8, 4) is 5.88 Å². The van der Waals surface area contributed by atoms with Gasteiger partial charge in [-0.15, -0.1) is 0 Å². The molecule has 0 aromatic carbocycles. The fourth-order valence-corrected chi connectivity index (χ4v) is 2.05. The molecule has 0 radical (unpaired) electrons. The maximum atomic E-state index is 11.2. The Hall–Kier alpha value is -2.64. The lowest BCUT2D eigenvalue weighted by Crippen LogP contribution is -2.06. The van der Waals surface area contributed by atoms with Crippen LogP contribution in [0, 0.1) is 10.1 Å². The first-order valence-corrected chi connectivity index (χ1v) is 6.49. The Kier molecular flexibility index (Phi) is 4.36. The Labute approximate surface area is 121 Å². The van der Waals surface area contributed by atoms with Gasteiger partial charge in [0.15, 0.2) is 0 Å². The Morgan fingerprint density at radius 1 is 1.52 bits per heavy atom. The number of nitrogens with one attached hydrogen (secondary N) is 1. The van der Waals surface area contributed by atoms with Gasteiger partial charge >= 0.3 is 5.69 Å². The van der Waals surface area contributed by atoms with Gasteiger partial charge in [0, 0.05) is 25.9 Å². The molecule has 2 aromatic rings. The molecule has 0 saturated carbocycles. The fourth-order valence-electron chi connectivity index (χ4n) is 2.05. The van der Waals surface area contributed by atoms with Crippen LogP contribution in [0.3, 0.4) is 0 Å². The van der Waals surface area contributed by atoms with Crippen molar-refractivity contribution in [1.29, 1.82) is 0 Å². The predicted octanol–water partition coefficient (Wildman–Crippen LogP) is 1.91. The van der Waals surface area contributed by atoms with Gasteiger partial charge in [-0.3, -0.25) is 10.1 Å². The van der Waals surface area contributed by atoms with E-state index in [-0.39, 0.29) is 5.69 Å². The first-order valence-electron chi connectivity index (χ1n) is 6.49. The van der Waals surface area contributed by atoms with Crippen LogP contribution in [0.4, 0.5) is 11.5 Å². The normalized spacial score (nSPS) is 10.4. The SMILES string of the molecule is CCc1nn(C)c(NCc2ccnc(OC)c2)c1[N+](=O)[O-]. The quantitative estimate of drug-likeness (QED) is 0.645. The van der Waals surface area contributed by atoms with E-state index in [9.17, 15) is 10.1 Å². The number of aryl methyl sites for hydroxylation is 2. The van der Waals surface area contributed by atoms with E-state index in [0.717, 1.165) is 5.56 Å². The first-order chi connectivity index (χ1) is 10.1. The van der Waals surface area contributed by atoms with Crippen LogP contribution in [-0.4, -0.2) is 26.8 Å². The molecule has 8 heteroatoms. The number of rotatable bonds is 6. The zero-order valence-electron chi connectivity index (χ0n) is 12.2. The molecule has 0 spiro atoms. The summed E-state index contributed by atoms with van der Waals surface area (Å²) >= 11 is 0. The van der Waals surface area contributed by atoms with Crippen LogP contribution in [-0.2, 0) is 20.0 Å². The van der Waals surface area contributed by atoms with Crippen LogP contribution in [0.25, 0.3) is 0 Å². The van der Waals surface area contributed by atoms with Crippen molar-refractivity contribution in [2.45, 2.75) is 19.9 Å². The van der Waals surface area contributed by atoms with E-state index in [1.807, 2.05) is 13.0 Å². The zero-order valence-corrected chi connectivity index (χ0v) is 12.2. The average Bonchev–Trinajstić information content (AvgIpc) is 2.81. The van der Waals surface area contributed by atoms with Gasteiger partial charge in [-0.1, -0.05) is 6.92 Å². The molecule has 2 aromatic heterocycles.